The number of H-pyrrole nitrogens is 2. The molecule has 40 heavy (non-hydrogen) atoms. The Morgan fingerprint density at radius 1 is 0.925 bits per heavy atom. The van der Waals surface area contributed by atoms with E-state index in [0.29, 0.717) is 49.5 Å². The average Bonchev–Trinajstić information content (AvgIpc) is 3.38. The van der Waals surface area contributed by atoms with Crippen molar-refractivity contribution in [3.05, 3.63) is 70.3 Å². The van der Waals surface area contributed by atoms with E-state index in [1.165, 1.54) is 18.2 Å². The molecule has 0 unspecified atom stereocenters. The number of ether oxygens (including phenoxy) is 2. The molecule has 13 heteroatoms. The van der Waals surface area contributed by atoms with Crippen molar-refractivity contribution >= 4 is 16.6 Å². The van der Waals surface area contributed by atoms with Crippen molar-refractivity contribution < 1.29 is 22.6 Å². The van der Waals surface area contributed by atoms with Gasteiger partial charge in [0.15, 0.2) is 0 Å². The molecule has 2 heterocycles. The van der Waals surface area contributed by atoms with Crippen LogP contribution in [-0.4, -0.2) is 53.1 Å². The van der Waals surface area contributed by atoms with Crippen molar-refractivity contribution in [3.8, 4) is 22.9 Å². The van der Waals surface area contributed by atoms with Crippen molar-refractivity contribution in [1.29, 1.82) is 5.26 Å². The van der Waals surface area contributed by atoms with E-state index in [9.17, 15) is 18.0 Å². The summed E-state index contributed by atoms with van der Waals surface area (Å²) in [6.45, 7) is 2.62. The van der Waals surface area contributed by atoms with Gasteiger partial charge in [0.2, 0.25) is 0 Å². The van der Waals surface area contributed by atoms with Crippen LogP contribution in [-0.2, 0) is 17.7 Å². The molecule has 0 fully saturated rings. The van der Waals surface area contributed by atoms with Crippen molar-refractivity contribution in [2.75, 3.05) is 31.6 Å². The quantitative estimate of drug-likeness (QED) is 0.169. The average molecular weight is 556 g/mol. The number of nitriles is 1. The second-order valence-electron chi connectivity index (χ2n) is 8.98. The Morgan fingerprint density at radius 2 is 1.75 bits per heavy atom. The highest BCUT2D eigenvalue weighted by Crippen LogP contribution is 2.29. The molecule has 0 aliphatic carbocycles. The highest BCUT2D eigenvalue weighted by molar-refractivity contribution is 5.95. The SMILES string of the molecule is N#CCc1cc(CNCCCCOCCNc2cc(-c3cn[nH]c(=O)c3)cc3[nH]ncc23)cc(OC(F)(F)F)c1. The van der Waals surface area contributed by atoms with Gasteiger partial charge in [-0.15, -0.1) is 13.2 Å². The number of aromatic nitrogens is 4. The molecule has 0 amide bonds. The number of nitrogens with one attached hydrogen (secondary N) is 4. The van der Waals surface area contributed by atoms with E-state index in [1.54, 1.807) is 18.5 Å². The number of rotatable bonds is 14. The van der Waals surface area contributed by atoms with Gasteiger partial charge < -0.3 is 20.1 Å². The van der Waals surface area contributed by atoms with Gasteiger partial charge in [-0.3, -0.25) is 9.89 Å². The van der Waals surface area contributed by atoms with Gasteiger partial charge in [0.1, 0.15) is 5.75 Å². The maximum absolute atomic E-state index is 12.6. The summed E-state index contributed by atoms with van der Waals surface area (Å²) in [5, 5.41) is 29.6. The summed E-state index contributed by atoms with van der Waals surface area (Å²) in [6.07, 6.45) is 0.155. The van der Waals surface area contributed by atoms with Crippen LogP contribution in [0.1, 0.15) is 24.0 Å². The number of nitrogens with zero attached hydrogens (tertiary/aromatic N) is 3. The minimum Gasteiger partial charge on any atom is -0.406 e. The van der Waals surface area contributed by atoms with Gasteiger partial charge in [-0.25, -0.2) is 5.10 Å². The lowest BCUT2D eigenvalue weighted by Gasteiger charge is -2.12. The number of alkyl halides is 3. The molecule has 0 saturated carbocycles. The lowest BCUT2D eigenvalue weighted by molar-refractivity contribution is -0.274. The van der Waals surface area contributed by atoms with E-state index in [2.05, 4.69) is 35.8 Å². The van der Waals surface area contributed by atoms with Crippen LogP contribution in [0.5, 0.6) is 5.75 Å². The van der Waals surface area contributed by atoms with Crippen LogP contribution in [0, 0.1) is 11.3 Å². The molecular weight excluding hydrogens is 527 g/mol. The Balaban J connectivity index is 1.16. The highest BCUT2D eigenvalue weighted by Gasteiger charge is 2.31. The third-order valence-corrected chi connectivity index (χ3v) is 5.88. The molecule has 0 saturated heterocycles. The van der Waals surface area contributed by atoms with Crippen molar-refractivity contribution in [2.45, 2.75) is 32.2 Å². The number of hydrogen-bond donors (Lipinski definition) is 4. The van der Waals surface area contributed by atoms with Gasteiger partial charge in [-0.2, -0.15) is 15.5 Å². The standard InChI is InChI=1S/C27H28F3N7O3/c28-27(29,30)40-22-10-18(3-4-31)9-19(11-22)15-32-5-1-2-7-39-8-6-33-24-12-20(13-25-23(24)17-35-36-25)21-14-26(38)37-34-16-21/h9-14,16-17,32-33H,1-3,5-8,15H2,(H,35,36)(H,37,38). The largest absolute Gasteiger partial charge is 0.573 e. The topological polar surface area (TPSA) is 141 Å². The van der Waals surface area contributed by atoms with Crippen LogP contribution >= 0.6 is 0 Å². The molecule has 4 N–H and O–H groups in total. The van der Waals surface area contributed by atoms with Gasteiger partial charge in [-0.05, 0) is 60.3 Å². The monoisotopic (exact) mass is 555 g/mol. The van der Waals surface area contributed by atoms with E-state index < -0.39 is 6.36 Å². The Labute approximate surface area is 227 Å². The second-order valence-corrected chi connectivity index (χ2v) is 8.98. The molecule has 2 aromatic heterocycles. The van der Waals surface area contributed by atoms with Gasteiger partial charge in [0.25, 0.3) is 5.56 Å². The summed E-state index contributed by atoms with van der Waals surface area (Å²) in [7, 11) is 0. The Bertz CT molecular complexity index is 1510. The fourth-order valence-corrected chi connectivity index (χ4v) is 4.16. The van der Waals surface area contributed by atoms with Crippen molar-refractivity contribution in [2.24, 2.45) is 0 Å². The molecule has 4 aromatic rings. The van der Waals surface area contributed by atoms with E-state index in [0.717, 1.165) is 35.0 Å². The van der Waals surface area contributed by atoms with E-state index in [-0.39, 0.29) is 17.7 Å². The third kappa shape index (κ3) is 8.55. The zero-order valence-electron chi connectivity index (χ0n) is 21.5. The van der Waals surface area contributed by atoms with Crippen LogP contribution < -0.4 is 20.9 Å². The maximum Gasteiger partial charge on any atom is 0.573 e. The summed E-state index contributed by atoms with van der Waals surface area (Å²) < 4.78 is 47.5. The Kier molecular flexibility index (Phi) is 9.71. The van der Waals surface area contributed by atoms with Crippen molar-refractivity contribution in [3.63, 3.8) is 0 Å². The number of benzene rings is 2. The number of aromatic amines is 2. The zero-order valence-corrected chi connectivity index (χ0v) is 21.5. The minimum absolute atomic E-state index is 0.00171. The summed E-state index contributed by atoms with van der Waals surface area (Å²) in [4.78, 5) is 11.6. The molecule has 0 radical (unpaired) electrons. The molecular formula is C27H28F3N7O3. The molecule has 2 aromatic carbocycles. The first kappa shape index (κ1) is 28.6. The van der Waals surface area contributed by atoms with E-state index in [4.69, 9.17) is 10.00 Å². The molecule has 0 aliphatic heterocycles. The van der Waals surface area contributed by atoms with Gasteiger partial charge >= 0.3 is 6.36 Å². The number of unbranched alkanes of at least 4 members (excludes halogenated alkanes) is 1. The molecule has 0 aliphatic rings. The molecule has 10 nitrogen and oxygen atoms in total. The first-order valence-electron chi connectivity index (χ1n) is 12.6. The first-order chi connectivity index (χ1) is 19.3. The Morgan fingerprint density at radius 3 is 2.55 bits per heavy atom. The van der Waals surface area contributed by atoms with Crippen LogP contribution in [0.15, 0.2) is 53.6 Å². The molecule has 210 valence electrons. The summed E-state index contributed by atoms with van der Waals surface area (Å²) in [5.74, 6) is -0.327. The van der Waals surface area contributed by atoms with E-state index >= 15 is 0 Å². The fourth-order valence-electron chi connectivity index (χ4n) is 4.16. The minimum atomic E-state index is -4.79. The molecule has 0 atom stereocenters. The van der Waals surface area contributed by atoms with Gasteiger partial charge in [0.05, 0.1) is 37.0 Å². The predicted molar refractivity (Wildman–Crippen MR) is 143 cm³/mol. The fraction of sp³-hybridized carbons (Fsp3) is 0.333. The molecule has 4 rings (SSSR count). The Hall–Kier alpha value is -4.41. The maximum atomic E-state index is 12.6. The lowest BCUT2D eigenvalue weighted by Crippen LogP contribution is -2.18. The molecule has 0 spiro atoms. The number of fused-ring (bicyclic) bond motifs is 1. The third-order valence-electron chi connectivity index (χ3n) is 5.88. The number of halogens is 3. The van der Waals surface area contributed by atoms with Crippen LogP contribution in [0.3, 0.4) is 0 Å². The lowest BCUT2D eigenvalue weighted by atomic mass is 10.1. The summed E-state index contributed by atoms with van der Waals surface area (Å²) in [6, 6.07) is 11.5. The van der Waals surface area contributed by atoms with E-state index in [1.807, 2.05) is 18.2 Å². The first-order valence-corrected chi connectivity index (χ1v) is 12.6. The summed E-state index contributed by atoms with van der Waals surface area (Å²) in [5.41, 5.74) is 4.00. The number of hydrogen-bond acceptors (Lipinski definition) is 8. The zero-order chi connectivity index (χ0) is 28.4. The predicted octanol–water partition coefficient (Wildman–Crippen LogP) is 4.28. The van der Waals surface area contributed by atoms with Crippen LogP contribution in [0.2, 0.25) is 0 Å². The molecule has 0 bridgehead atoms. The van der Waals surface area contributed by atoms with Crippen molar-refractivity contribution in [1.82, 2.24) is 25.7 Å². The smallest absolute Gasteiger partial charge is 0.406 e. The highest BCUT2D eigenvalue weighted by atomic mass is 19.4. The number of anilines is 1. The van der Waals surface area contributed by atoms with Crippen LogP contribution in [0.25, 0.3) is 22.0 Å². The van der Waals surface area contributed by atoms with Gasteiger partial charge in [-0.1, -0.05) is 6.07 Å². The second kappa shape index (κ2) is 13.6. The van der Waals surface area contributed by atoms with Gasteiger partial charge in [0, 0.05) is 42.4 Å². The normalized spacial score (nSPS) is 11.4. The van der Waals surface area contributed by atoms with Crippen LogP contribution in [0.4, 0.5) is 18.9 Å². The summed E-state index contributed by atoms with van der Waals surface area (Å²) >= 11 is 0.